The molecule has 0 spiro atoms. The lowest BCUT2D eigenvalue weighted by Gasteiger charge is -2.10. The highest BCUT2D eigenvalue weighted by Gasteiger charge is 2.09. The second-order valence-electron chi connectivity index (χ2n) is 3.78. The lowest BCUT2D eigenvalue weighted by molar-refractivity contribution is 0.281. The van der Waals surface area contributed by atoms with Crippen LogP contribution >= 0.6 is 0 Å². The molecule has 0 fully saturated rings. The molecule has 0 saturated carbocycles. The van der Waals surface area contributed by atoms with Crippen LogP contribution in [-0.2, 0) is 6.61 Å². The molecule has 0 unspecified atom stereocenters. The van der Waals surface area contributed by atoms with Crippen molar-refractivity contribution in [3.63, 3.8) is 0 Å². The number of aliphatic hydroxyl groups excluding tert-OH is 1. The molecule has 4 nitrogen and oxygen atoms in total. The number of nitrogen functional groups attached to an aromatic ring is 1. The van der Waals surface area contributed by atoms with E-state index in [1.807, 2.05) is 0 Å². The van der Waals surface area contributed by atoms with Crippen molar-refractivity contribution in [3.05, 3.63) is 42.0 Å². The predicted molar refractivity (Wildman–Crippen MR) is 66.5 cm³/mol. The van der Waals surface area contributed by atoms with Crippen LogP contribution in [0.2, 0.25) is 0 Å². The van der Waals surface area contributed by atoms with Crippen LogP contribution in [0.25, 0.3) is 11.1 Å². The zero-order valence-electron chi connectivity index (χ0n) is 9.85. The predicted octanol–water partition coefficient (Wildman–Crippen LogP) is 1.97. The Balaban J connectivity index is 2.54. The van der Waals surface area contributed by atoms with Crippen molar-refractivity contribution >= 4 is 5.69 Å². The molecule has 94 valence electrons. The molecule has 0 amide bonds. The van der Waals surface area contributed by atoms with Crippen LogP contribution in [0.15, 0.2) is 30.5 Å². The summed E-state index contributed by atoms with van der Waals surface area (Å²) in [5.74, 6) is -0.0459. The first-order valence-electron chi connectivity index (χ1n) is 5.35. The van der Waals surface area contributed by atoms with Crippen LogP contribution < -0.4 is 10.5 Å². The number of aliphatic hydroxyl groups is 1. The molecule has 0 aliphatic heterocycles. The SMILES string of the molecule is COc1ccc(-c2cc(F)ncc2CO)cc1N. The number of rotatable bonds is 3. The number of hydrogen-bond donors (Lipinski definition) is 2. The van der Waals surface area contributed by atoms with Crippen LogP contribution in [0.1, 0.15) is 5.56 Å². The number of aromatic nitrogens is 1. The van der Waals surface area contributed by atoms with E-state index in [9.17, 15) is 9.50 Å². The second kappa shape index (κ2) is 5.01. The topological polar surface area (TPSA) is 68.4 Å². The zero-order chi connectivity index (χ0) is 13.1. The van der Waals surface area contributed by atoms with E-state index in [2.05, 4.69) is 4.98 Å². The van der Waals surface area contributed by atoms with Gasteiger partial charge in [0.05, 0.1) is 19.4 Å². The molecule has 1 aromatic carbocycles. The third-order valence-electron chi connectivity index (χ3n) is 2.66. The first kappa shape index (κ1) is 12.3. The molecule has 0 atom stereocenters. The molecule has 0 radical (unpaired) electrons. The maximum atomic E-state index is 13.2. The number of ether oxygens (including phenoxy) is 1. The summed E-state index contributed by atoms with van der Waals surface area (Å²) in [4.78, 5) is 3.51. The van der Waals surface area contributed by atoms with Crippen molar-refractivity contribution in [1.29, 1.82) is 0 Å². The maximum Gasteiger partial charge on any atom is 0.213 e. The van der Waals surface area contributed by atoms with E-state index in [0.29, 0.717) is 28.1 Å². The standard InChI is InChI=1S/C13H13FN2O2/c1-18-12-3-2-8(4-11(12)15)10-5-13(14)16-6-9(10)7-17/h2-6,17H,7,15H2,1H3. The lowest BCUT2D eigenvalue weighted by atomic mass is 10.0. The zero-order valence-corrected chi connectivity index (χ0v) is 9.85. The fraction of sp³-hybridized carbons (Fsp3) is 0.154. The number of benzene rings is 1. The number of pyridine rings is 1. The minimum absolute atomic E-state index is 0.214. The van der Waals surface area contributed by atoms with Gasteiger partial charge in [0.15, 0.2) is 0 Å². The lowest BCUT2D eigenvalue weighted by Crippen LogP contribution is -1.96. The number of nitrogens with two attached hydrogens (primary N) is 1. The number of anilines is 1. The van der Waals surface area contributed by atoms with Gasteiger partial charge in [0.25, 0.3) is 0 Å². The summed E-state index contributed by atoms with van der Waals surface area (Å²) in [6.45, 7) is -0.214. The van der Waals surface area contributed by atoms with E-state index in [-0.39, 0.29) is 6.61 Å². The molecule has 0 bridgehead atoms. The van der Waals surface area contributed by atoms with Crippen molar-refractivity contribution in [3.8, 4) is 16.9 Å². The summed E-state index contributed by atoms with van der Waals surface area (Å²) in [6, 6.07) is 6.40. The van der Waals surface area contributed by atoms with E-state index in [4.69, 9.17) is 10.5 Å². The average molecular weight is 248 g/mol. The molecule has 2 aromatic rings. The summed E-state index contributed by atoms with van der Waals surface area (Å²) in [5.41, 5.74) is 8.08. The van der Waals surface area contributed by atoms with Crippen LogP contribution in [-0.4, -0.2) is 17.2 Å². The number of methoxy groups -OCH3 is 1. The van der Waals surface area contributed by atoms with Gasteiger partial charge in [-0.05, 0) is 23.3 Å². The highest BCUT2D eigenvalue weighted by atomic mass is 19.1. The van der Waals surface area contributed by atoms with Crippen molar-refractivity contribution < 1.29 is 14.2 Å². The van der Waals surface area contributed by atoms with Gasteiger partial charge in [-0.2, -0.15) is 4.39 Å². The van der Waals surface area contributed by atoms with Gasteiger partial charge in [-0.3, -0.25) is 0 Å². The highest BCUT2D eigenvalue weighted by Crippen LogP contribution is 2.30. The molecule has 0 aliphatic carbocycles. The summed E-state index contributed by atoms with van der Waals surface area (Å²) >= 11 is 0. The van der Waals surface area contributed by atoms with E-state index < -0.39 is 5.95 Å². The minimum Gasteiger partial charge on any atom is -0.495 e. The van der Waals surface area contributed by atoms with Gasteiger partial charge in [0.2, 0.25) is 5.95 Å². The molecule has 0 saturated heterocycles. The normalized spacial score (nSPS) is 10.4. The van der Waals surface area contributed by atoms with E-state index >= 15 is 0 Å². The first-order valence-corrected chi connectivity index (χ1v) is 5.35. The highest BCUT2D eigenvalue weighted by molar-refractivity contribution is 5.72. The second-order valence-corrected chi connectivity index (χ2v) is 3.78. The van der Waals surface area contributed by atoms with Gasteiger partial charge in [-0.1, -0.05) is 6.07 Å². The maximum absolute atomic E-state index is 13.2. The van der Waals surface area contributed by atoms with E-state index in [0.717, 1.165) is 0 Å². The number of nitrogens with zero attached hydrogens (tertiary/aromatic N) is 1. The van der Waals surface area contributed by atoms with Gasteiger partial charge >= 0.3 is 0 Å². The van der Waals surface area contributed by atoms with Gasteiger partial charge in [-0.15, -0.1) is 0 Å². The molecule has 0 aliphatic rings. The Kier molecular flexibility index (Phi) is 3.43. The summed E-state index contributed by atoms with van der Waals surface area (Å²) in [5, 5.41) is 9.22. The van der Waals surface area contributed by atoms with Crippen molar-refractivity contribution in [2.45, 2.75) is 6.61 Å². The van der Waals surface area contributed by atoms with Crippen molar-refractivity contribution in [2.75, 3.05) is 12.8 Å². The Labute approximate surface area is 104 Å². The van der Waals surface area contributed by atoms with Gasteiger partial charge < -0.3 is 15.6 Å². The monoisotopic (exact) mass is 248 g/mol. The molecule has 3 N–H and O–H groups in total. The quantitative estimate of drug-likeness (QED) is 0.643. The summed E-state index contributed by atoms with van der Waals surface area (Å²) in [6.07, 6.45) is 1.31. The summed E-state index contributed by atoms with van der Waals surface area (Å²) in [7, 11) is 1.52. The first-order chi connectivity index (χ1) is 8.65. The molecule has 5 heteroatoms. The third-order valence-corrected chi connectivity index (χ3v) is 2.66. The Morgan fingerprint density at radius 2 is 2.17 bits per heavy atom. The molecule has 2 rings (SSSR count). The van der Waals surface area contributed by atoms with Gasteiger partial charge in [-0.25, -0.2) is 4.98 Å². The third kappa shape index (κ3) is 2.26. The minimum atomic E-state index is -0.600. The fourth-order valence-corrected chi connectivity index (χ4v) is 1.75. The molecular weight excluding hydrogens is 235 g/mol. The van der Waals surface area contributed by atoms with Crippen LogP contribution in [0.3, 0.4) is 0 Å². The Morgan fingerprint density at radius 3 is 2.78 bits per heavy atom. The number of halogens is 1. The largest absolute Gasteiger partial charge is 0.495 e. The molecule has 1 heterocycles. The van der Waals surface area contributed by atoms with Crippen molar-refractivity contribution in [1.82, 2.24) is 4.98 Å². The van der Waals surface area contributed by atoms with E-state index in [1.165, 1.54) is 19.4 Å². The summed E-state index contributed by atoms with van der Waals surface area (Å²) < 4.78 is 18.2. The van der Waals surface area contributed by atoms with Crippen LogP contribution in [0.5, 0.6) is 5.75 Å². The van der Waals surface area contributed by atoms with Crippen LogP contribution in [0.4, 0.5) is 10.1 Å². The molecular formula is C13H13FN2O2. The van der Waals surface area contributed by atoms with Crippen molar-refractivity contribution in [2.24, 2.45) is 0 Å². The Bertz CT molecular complexity index is 573. The van der Waals surface area contributed by atoms with Crippen LogP contribution in [0, 0.1) is 5.95 Å². The Morgan fingerprint density at radius 1 is 1.39 bits per heavy atom. The smallest absolute Gasteiger partial charge is 0.213 e. The van der Waals surface area contributed by atoms with Gasteiger partial charge in [0, 0.05) is 17.8 Å². The number of hydrogen-bond acceptors (Lipinski definition) is 4. The molecule has 18 heavy (non-hydrogen) atoms. The Hall–Kier alpha value is -2.14. The fourth-order valence-electron chi connectivity index (χ4n) is 1.75. The molecule has 1 aromatic heterocycles. The van der Waals surface area contributed by atoms with Gasteiger partial charge in [0.1, 0.15) is 5.75 Å². The average Bonchev–Trinajstić information content (AvgIpc) is 2.38. The van der Waals surface area contributed by atoms with E-state index in [1.54, 1.807) is 18.2 Å².